The van der Waals surface area contributed by atoms with E-state index in [1.165, 1.54) is 0 Å². The zero-order chi connectivity index (χ0) is 20.7. The molecule has 0 aliphatic carbocycles. The van der Waals surface area contributed by atoms with Gasteiger partial charge in [-0.3, -0.25) is 4.79 Å². The first-order valence-corrected chi connectivity index (χ1v) is 13.5. The molecule has 1 N–H and O–H groups in total. The van der Waals surface area contributed by atoms with Crippen molar-refractivity contribution in [1.29, 1.82) is 0 Å². The molecule has 3 saturated heterocycles. The van der Waals surface area contributed by atoms with E-state index in [2.05, 4.69) is 34.6 Å². The number of aliphatic hydroxyl groups excluding tert-OH is 1. The van der Waals surface area contributed by atoms with Gasteiger partial charge in [-0.1, -0.05) is 27.7 Å². The van der Waals surface area contributed by atoms with Crippen LogP contribution in [-0.4, -0.2) is 56.2 Å². The summed E-state index contributed by atoms with van der Waals surface area (Å²) in [5, 5.41) is 11.5. The predicted molar refractivity (Wildman–Crippen MR) is 108 cm³/mol. The number of hydrogen-bond acceptors (Lipinski definition) is 6. The first-order valence-electron chi connectivity index (χ1n) is 11.0. The van der Waals surface area contributed by atoms with Crippen molar-refractivity contribution < 1.29 is 28.5 Å². The lowest BCUT2D eigenvalue weighted by Crippen LogP contribution is -2.55. The maximum Gasteiger partial charge on any atom is 0.306 e. The van der Waals surface area contributed by atoms with E-state index in [-0.39, 0.29) is 30.3 Å². The molecule has 0 radical (unpaired) electrons. The average Bonchev–Trinajstić information content (AvgIpc) is 3.22. The lowest BCUT2D eigenvalue weighted by molar-refractivity contribution is -0.277. The maximum absolute atomic E-state index is 12.1. The Balaban J connectivity index is 2.03. The molecule has 0 amide bonds. The first kappa shape index (κ1) is 22.2. The third-order valence-electron chi connectivity index (χ3n) is 7.84. The molecule has 3 fully saturated rings. The second kappa shape index (κ2) is 7.98. The Morgan fingerprint density at radius 2 is 1.86 bits per heavy atom. The quantitative estimate of drug-likeness (QED) is 0.528. The summed E-state index contributed by atoms with van der Waals surface area (Å²) in [4.78, 5) is 12.1. The van der Waals surface area contributed by atoms with Crippen LogP contribution in [0.2, 0.25) is 18.1 Å². The van der Waals surface area contributed by atoms with Gasteiger partial charge in [0, 0.05) is 31.8 Å². The second-order valence-corrected chi connectivity index (χ2v) is 14.0. The van der Waals surface area contributed by atoms with Gasteiger partial charge in [0.15, 0.2) is 14.1 Å². The Labute approximate surface area is 170 Å². The molecule has 0 aromatic heterocycles. The van der Waals surface area contributed by atoms with Crippen LogP contribution in [0.25, 0.3) is 0 Å². The molecule has 0 unspecified atom stereocenters. The van der Waals surface area contributed by atoms with E-state index in [1.54, 1.807) is 7.11 Å². The molecule has 3 aliphatic rings. The molecule has 6 nitrogen and oxygen atoms in total. The Morgan fingerprint density at radius 1 is 1.21 bits per heavy atom. The van der Waals surface area contributed by atoms with Crippen LogP contribution in [0.5, 0.6) is 0 Å². The lowest BCUT2D eigenvalue weighted by Gasteiger charge is -2.44. The SMILES string of the molecule is CC[Si](CC)(CC)O[C@H]1[C@@H](O)[C@@H]2CC(=O)O[C@@H]2C[C@@]2(C)CC[C@](OC)(O2)[C@@H]1C. The van der Waals surface area contributed by atoms with E-state index < -0.39 is 31.9 Å². The molecule has 7 heteroatoms. The van der Waals surface area contributed by atoms with Gasteiger partial charge >= 0.3 is 5.97 Å². The highest BCUT2D eigenvalue weighted by Crippen LogP contribution is 2.51. The number of hydrogen-bond donors (Lipinski definition) is 1. The number of carbonyl (C=O) groups is 1. The smallest absolute Gasteiger partial charge is 0.306 e. The molecule has 3 rings (SSSR count). The molecule has 0 spiro atoms. The largest absolute Gasteiger partial charge is 0.462 e. The second-order valence-electron chi connectivity index (χ2n) is 9.27. The maximum atomic E-state index is 12.1. The van der Waals surface area contributed by atoms with Crippen molar-refractivity contribution in [1.82, 2.24) is 0 Å². The fourth-order valence-corrected chi connectivity index (χ4v) is 8.51. The molecule has 2 bridgehead atoms. The topological polar surface area (TPSA) is 74.2 Å². The van der Waals surface area contributed by atoms with Crippen LogP contribution in [0.15, 0.2) is 0 Å². The minimum Gasteiger partial charge on any atom is -0.462 e. The van der Waals surface area contributed by atoms with Crippen molar-refractivity contribution in [2.75, 3.05) is 7.11 Å². The van der Waals surface area contributed by atoms with E-state index >= 15 is 0 Å². The van der Waals surface area contributed by atoms with Crippen molar-refractivity contribution in [3.8, 4) is 0 Å². The summed E-state index contributed by atoms with van der Waals surface area (Å²) in [6, 6.07) is 2.99. The van der Waals surface area contributed by atoms with Crippen LogP contribution in [-0.2, 0) is 23.4 Å². The Kier molecular flexibility index (Phi) is 6.34. The molecule has 0 aromatic carbocycles. The molecule has 28 heavy (non-hydrogen) atoms. The van der Waals surface area contributed by atoms with E-state index in [4.69, 9.17) is 18.6 Å². The van der Waals surface area contributed by atoms with Crippen molar-refractivity contribution in [3.63, 3.8) is 0 Å². The van der Waals surface area contributed by atoms with Crippen LogP contribution in [0, 0.1) is 11.8 Å². The molecule has 3 heterocycles. The first-order chi connectivity index (χ1) is 13.2. The molecule has 7 atom stereocenters. The van der Waals surface area contributed by atoms with Gasteiger partial charge in [0.2, 0.25) is 0 Å². The summed E-state index contributed by atoms with van der Waals surface area (Å²) >= 11 is 0. The van der Waals surface area contributed by atoms with Gasteiger partial charge in [0.1, 0.15) is 6.10 Å². The molecular weight excluding hydrogens is 376 g/mol. The van der Waals surface area contributed by atoms with Gasteiger partial charge in [0.25, 0.3) is 0 Å². The van der Waals surface area contributed by atoms with Crippen molar-refractivity contribution in [2.45, 2.75) is 108 Å². The summed E-state index contributed by atoms with van der Waals surface area (Å²) in [5.41, 5.74) is -0.429. The lowest BCUT2D eigenvalue weighted by atomic mass is 9.78. The van der Waals surface area contributed by atoms with Crippen LogP contribution in [0.4, 0.5) is 0 Å². The number of rotatable bonds is 6. The van der Waals surface area contributed by atoms with E-state index in [1.807, 2.05) is 0 Å². The number of carbonyl (C=O) groups excluding carboxylic acids is 1. The van der Waals surface area contributed by atoms with Gasteiger partial charge < -0.3 is 23.7 Å². The monoisotopic (exact) mass is 414 g/mol. The zero-order valence-corrected chi connectivity index (χ0v) is 19.3. The van der Waals surface area contributed by atoms with E-state index in [0.717, 1.165) is 31.0 Å². The van der Waals surface area contributed by atoms with Crippen molar-refractivity contribution >= 4 is 14.3 Å². The Morgan fingerprint density at radius 3 is 2.43 bits per heavy atom. The highest BCUT2D eigenvalue weighted by atomic mass is 28.4. The van der Waals surface area contributed by atoms with Crippen LogP contribution < -0.4 is 0 Å². The molecular formula is C21H38O6Si. The molecule has 0 aromatic rings. The van der Waals surface area contributed by atoms with Gasteiger partial charge in [-0.25, -0.2) is 0 Å². The highest BCUT2D eigenvalue weighted by molar-refractivity contribution is 6.73. The van der Waals surface area contributed by atoms with Crippen LogP contribution >= 0.6 is 0 Å². The fraction of sp³-hybridized carbons (Fsp3) is 0.952. The van der Waals surface area contributed by atoms with Gasteiger partial charge in [-0.05, 0) is 31.5 Å². The normalized spacial score (nSPS) is 43.8. The molecule has 0 saturated carbocycles. The van der Waals surface area contributed by atoms with Gasteiger partial charge in [-0.2, -0.15) is 0 Å². The number of esters is 1. The summed E-state index contributed by atoms with van der Waals surface area (Å²) < 4.78 is 25.0. The number of aliphatic hydroxyl groups is 1. The van der Waals surface area contributed by atoms with E-state index in [0.29, 0.717) is 6.42 Å². The number of fused-ring (bicyclic) bond motifs is 3. The van der Waals surface area contributed by atoms with Crippen LogP contribution in [0.1, 0.15) is 60.3 Å². The van der Waals surface area contributed by atoms with Crippen LogP contribution in [0.3, 0.4) is 0 Å². The van der Waals surface area contributed by atoms with Gasteiger partial charge in [0.05, 0.1) is 24.2 Å². The summed E-state index contributed by atoms with van der Waals surface area (Å²) in [6.45, 7) is 10.7. The van der Waals surface area contributed by atoms with Crippen molar-refractivity contribution in [2.24, 2.45) is 11.8 Å². The third-order valence-corrected chi connectivity index (χ3v) is 12.5. The summed E-state index contributed by atoms with van der Waals surface area (Å²) in [6.07, 6.45) is 0.869. The van der Waals surface area contributed by atoms with Crippen molar-refractivity contribution in [3.05, 3.63) is 0 Å². The fourth-order valence-electron chi connectivity index (χ4n) is 5.59. The molecule has 162 valence electrons. The summed E-state index contributed by atoms with van der Waals surface area (Å²) in [5.74, 6) is -1.42. The number of ether oxygens (including phenoxy) is 3. The zero-order valence-electron chi connectivity index (χ0n) is 18.3. The minimum absolute atomic E-state index is 0.152. The number of methoxy groups -OCH3 is 1. The van der Waals surface area contributed by atoms with Gasteiger partial charge in [-0.15, -0.1) is 0 Å². The average molecular weight is 415 g/mol. The third kappa shape index (κ3) is 3.69. The standard InChI is InChI=1S/C21H38O6Si/c1-7-28(8-2,9-3)26-19-14(4)21(24-6)11-10-20(5,27-21)13-16-15(18(19)23)12-17(22)25-16/h14-16,18-19,23H,7-13H2,1-6H3/t14-,15-,16-,18+,19-,20-,21+/m1/s1. The minimum atomic E-state index is -1.99. The Bertz CT molecular complexity index is 573. The van der Waals surface area contributed by atoms with E-state index in [9.17, 15) is 9.90 Å². The molecule has 3 aliphatic heterocycles. The highest BCUT2D eigenvalue weighted by Gasteiger charge is 2.59. The predicted octanol–water partition coefficient (Wildman–Crippen LogP) is 3.62. The summed E-state index contributed by atoms with van der Waals surface area (Å²) in [7, 11) is -0.306. The Hall–Kier alpha value is -0.473.